The Bertz CT molecular complexity index is 981. The lowest BCUT2D eigenvalue weighted by Gasteiger charge is -2.22. The van der Waals surface area contributed by atoms with E-state index in [0.717, 1.165) is 16.7 Å². The molecular weight excluding hydrogens is 355 g/mol. The molecule has 0 radical (unpaired) electrons. The van der Waals surface area contributed by atoms with E-state index in [9.17, 15) is 9.36 Å². The zero-order valence-electron chi connectivity index (χ0n) is 16.0. The molecule has 0 spiro atoms. The highest BCUT2D eigenvalue weighted by atomic mass is 31.2. The van der Waals surface area contributed by atoms with Crippen LogP contribution in [0, 0.1) is 20.8 Å². The van der Waals surface area contributed by atoms with Gasteiger partial charge in [0.05, 0.1) is 7.11 Å². The van der Waals surface area contributed by atoms with Crippen LogP contribution in [-0.2, 0) is 4.57 Å². The molecule has 0 saturated carbocycles. The van der Waals surface area contributed by atoms with Crippen molar-refractivity contribution in [2.24, 2.45) is 0 Å². The van der Waals surface area contributed by atoms with Gasteiger partial charge in [-0.15, -0.1) is 0 Å². The molecule has 0 bridgehead atoms. The van der Waals surface area contributed by atoms with Gasteiger partial charge in [-0.3, -0.25) is 4.79 Å². The number of carbonyl (C=O) groups excluding carboxylic acids is 1. The number of hydrogen-bond acceptors (Lipinski definition) is 3. The van der Waals surface area contributed by atoms with Crippen molar-refractivity contribution in [3.05, 3.63) is 89.0 Å². The van der Waals surface area contributed by atoms with E-state index in [4.69, 9.17) is 4.74 Å². The predicted octanol–water partition coefficient (Wildman–Crippen LogP) is 4.77. The molecule has 0 aliphatic heterocycles. The first-order chi connectivity index (χ1) is 12.9. The van der Waals surface area contributed by atoms with Gasteiger partial charge in [-0.2, -0.15) is 0 Å². The highest BCUT2D eigenvalue weighted by Gasteiger charge is 2.38. The molecule has 0 atom stereocenters. The molecule has 3 aromatic carbocycles. The van der Waals surface area contributed by atoms with Crippen LogP contribution in [0.25, 0.3) is 0 Å². The molecule has 0 saturated heterocycles. The Morgan fingerprint density at radius 3 is 1.74 bits per heavy atom. The van der Waals surface area contributed by atoms with E-state index in [1.54, 1.807) is 31.4 Å². The average Bonchev–Trinajstić information content (AvgIpc) is 2.68. The van der Waals surface area contributed by atoms with Crippen LogP contribution in [-0.4, -0.2) is 12.6 Å². The van der Waals surface area contributed by atoms with E-state index in [0.29, 0.717) is 21.9 Å². The Hall–Kier alpha value is -2.64. The minimum Gasteiger partial charge on any atom is -0.496 e. The molecule has 0 amide bonds. The highest BCUT2D eigenvalue weighted by Crippen LogP contribution is 2.48. The van der Waals surface area contributed by atoms with E-state index >= 15 is 0 Å². The van der Waals surface area contributed by atoms with Gasteiger partial charge in [0.2, 0.25) is 12.7 Å². The van der Waals surface area contributed by atoms with E-state index in [2.05, 4.69) is 0 Å². The van der Waals surface area contributed by atoms with Crippen LogP contribution >= 0.6 is 7.14 Å². The van der Waals surface area contributed by atoms with E-state index in [-0.39, 0.29) is 5.52 Å². The van der Waals surface area contributed by atoms with Gasteiger partial charge in [0.25, 0.3) is 0 Å². The Morgan fingerprint density at radius 1 is 0.815 bits per heavy atom. The summed E-state index contributed by atoms with van der Waals surface area (Å²) in [4.78, 5) is 13.8. The molecule has 0 unspecified atom stereocenters. The van der Waals surface area contributed by atoms with Crippen LogP contribution in [0.1, 0.15) is 27.0 Å². The molecule has 3 rings (SSSR count). The molecule has 0 aliphatic rings. The predicted molar refractivity (Wildman–Crippen MR) is 111 cm³/mol. The maximum absolute atomic E-state index is 14.3. The first-order valence-corrected chi connectivity index (χ1v) is 10.5. The summed E-state index contributed by atoms with van der Waals surface area (Å²) in [5.41, 5.74) is 2.62. The Kier molecular flexibility index (Phi) is 5.34. The van der Waals surface area contributed by atoms with Crippen LogP contribution in [0.15, 0.2) is 66.7 Å². The van der Waals surface area contributed by atoms with Gasteiger partial charge in [0.15, 0.2) is 0 Å². The molecule has 0 aliphatic carbocycles. The van der Waals surface area contributed by atoms with Crippen LogP contribution in [0.2, 0.25) is 0 Å². The second-order valence-corrected chi connectivity index (χ2v) is 9.29. The molecule has 0 N–H and O–H groups in total. The first-order valence-electron chi connectivity index (χ1n) is 8.82. The smallest absolute Gasteiger partial charge is 0.230 e. The molecule has 27 heavy (non-hydrogen) atoms. The van der Waals surface area contributed by atoms with Gasteiger partial charge in [-0.1, -0.05) is 66.7 Å². The Labute approximate surface area is 160 Å². The summed E-state index contributed by atoms with van der Waals surface area (Å²) in [7, 11) is -1.94. The van der Waals surface area contributed by atoms with Crippen LogP contribution in [0.4, 0.5) is 0 Å². The maximum atomic E-state index is 14.3. The second-order valence-electron chi connectivity index (χ2n) is 6.63. The van der Waals surface area contributed by atoms with Crippen molar-refractivity contribution in [2.75, 3.05) is 7.11 Å². The third-order valence-corrected chi connectivity index (χ3v) is 7.69. The number of rotatable bonds is 5. The monoisotopic (exact) mass is 378 g/mol. The van der Waals surface area contributed by atoms with Crippen molar-refractivity contribution in [1.82, 2.24) is 0 Å². The van der Waals surface area contributed by atoms with Crippen molar-refractivity contribution >= 4 is 23.3 Å². The third-order valence-electron chi connectivity index (χ3n) is 4.84. The lowest BCUT2D eigenvalue weighted by Crippen LogP contribution is -2.24. The van der Waals surface area contributed by atoms with E-state index < -0.39 is 7.14 Å². The van der Waals surface area contributed by atoms with Gasteiger partial charge in [-0.25, -0.2) is 0 Å². The van der Waals surface area contributed by atoms with E-state index in [1.165, 1.54) is 0 Å². The Balaban J connectivity index is 2.30. The van der Waals surface area contributed by atoms with Gasteiger partial charge < -0.3 is 9.30 Å². The van der Waals surface area contributed by atoms with Gasteiger partial charge in [0, 0.05) is 21.7 Å². The fraction of sp³-hybridized carbons (Fsp3) is 0.174. The van der Waals surface area contributed by atoms with Crippen molar-refractivity contribution in [3.8, 4) is 5.75 Å². The summed E-state index contributed by atoms with van der Waals surface area (Å²) in [6, 6.07) is 19.9. The second kappa shape index (κ2) is 7.54. The number of ether oxygens (including phenoxy) is 1. The molecule has 3 aromatic rings. The minimum atomic E-state index is -3.53. The minimum absolute atomic E-state index is 0.354. The van der Waals surface area contributed by atoms with Crippen molar-refractivity contribution in [3.63, 3.8) is 0 Å². The molecule has 0 heterocycles. The first kappa shape index (κ1) is 19.1. The summed E-state index contributed by atoms with van der Waals surface area (Å²) in [6.07, 6.45) is 0. The third kappa shape index (κ3) is 3.24. The maximum Gasteiger partial charge on any atom is 0.230 e. The summed E-state index contributed by atoms with van der Waals surface area (Å²) in [5, 5.41) is 1.08. The SMILES string of the molecule is COc1c(C)cc(C)c(C(=O)P(=O)(c2ccccc2)c2ccccc2)c1C. The number of carbonyl (C=O) groups is 1. The lowest BCUT2D eigenvalue weighted by molar-refractivity contribution is 0.107. The topological polar surface area (TPSA) is 43.4 Å². The zero-order valence-corrected chi connectivity index (χ0v) is 16.9. The molecule has 0 fully saturated rings. The van der Waals surface area contributed by atoms with Crippen LogP contribution < -0.4 is 15.3 Å². The Morgan fingerprint density at radius 2 is 1.30 bits per heavy atom. The van der Waals surface area contributed by atoms with Gasteiger partial charge >= 0.3 is 0 Å². The van der Waals surface area contributed by atoms with Gasteiger partial charge in [0.1, 0.15) is 5.75 Å². The standard InChI is InChI=1S/C23H23O3P/c1-16-15-17(2)22(26-4)18(3)21(16)23(24)27(25,19-11-7-5-8-12-19)20-13-9-6-10-14-20/h5-15H,1-4H3. The summed E-state index contributed by atoms with van der Waals surface area (Å²) < 4.78 is 19.8. The quantitative estimate of drug-likeness (QED) is 0.601. The molecular formula is C23H23O3P. The van der Waals surface area contributed by atoms with Crippen molar-refractivity contribution in [2.45, 2.75) is 20.8 Å². The fourth-order valence-electron chi connectivity index (χ4n) is 3.63. The summed E-state index contributed by atoms with van der Waals surface area (Å²) in [6.45, 7) is 5.68. The van der Waals surface area contributed by atoms with Crippen molar-refractivity contribution < 1.29 is 14.1 Å². The van der Waals surface area contributed by atoms with Gasteiger partial charge in [-0.05, 0) is 31.9 Å². The molecule has 3 nitrogen and oxygen atoms in total. The number of methoxy groups -OCH3 is 1. The lowest BCUT2D eigenvalue weighted by atomic mass is 9.99. The van der Waals surface area contributed by atoms with Crippen molar-refractivity contribution in [1.29, 1.82) is 0 Å². The highest BCUT2D eigenvalue weighted by molar-refractivity contribution is 7.93. The van der Waals surface area contributed by atoms with Crippen LogP contribution in [0.3, 0.4) is 0 Å². The average molecular weight is 378 g/mol. The molecule has 0 aromatic heterocycles. The largest absolute Gasteiger partial charge is 0.496 e. The number of aryl methyl sites for hydroxylation is 2. The molecule has 4 heteroatoms. The number of hydrogen-bond donors (Lipinski definition) is 0. The summed E-state index contributed by atoms with van der Waals surface area (Å²) in [5.74, 6) is 0.664. The molecule has 138 valence electrons. The van der Waals surface area contributed by atoms with E-state index in [1.807, 2.05) is 63.2 Å². The zero-order chi connectivity index (χ0) is 19.6. The normalized spacial score (nSPS) is 11.3. The van der Waals surface area contributed by atoms with Crippen LogP contribution in [0.5, 0.6) is 5.75 Å². The fourth-order valence-corrected chi connectivity index (χ4v) is 6.24. The number of benzene rings is 3. The summed E-state index contributed by atoms with van der Waals surface area (Å²) >= 11 is 0.